The third kappa shape index (κ3) is 3.42. The molecule has 0 spiro atoms. The van der Waals surface area contributed by atoms with Crippen molar-refractivity contribution in [2.24, 2.45) is 0 Å². The van der Waals surface area contributed by atoms with Gasteiger partial charge in [0.25, 0.3) is 0 Å². The van der Waals surface area contributed by atoms with Crippen molar-refractivity contribution in [2.75, 3.05) is 13.1 Å². The van der Waals surface area contributed by atoms with E-state index in [1.807, 2.05) is 0 Å². The van der Waals surface area contributed by atoms with Gasteiger partial charge < -0.3 is 5.11 Å². The molecule has 0 aliphatic carbocycles. The van der Waals surface area contributed by atoms with Crippen LogP contribution in [0.5, 0.6) is 0 Å². The first kappa shape index (κ1) is 14.2. The molecule has 1 aromatic carbocycles. The lowest BCUT2D eigenvalue weighted by Crippen LogP contribution is -2.22. The molecule has 1 saturated heterocycles. The molecule has 0 aromatic heterocycles. The van der Waals surface area contributed by atoms with Gasteiger partial charge in [-0.05, 0) is 23.8 Å². The molecule has 0 amide bonds. The number of hydrogen-bond acceptors (Lipinski definition) is 2. The van der Waals surface area contributed by atoms with Crippen molar-refractivity contribution in [1.82, 2.24) is 4.90 Å². The van der Waals surface area contributed by atoms with Crippen LogP contribution in [0.3, 0.4) is 0 Å². The number of benzene rings is 1. The molecular weight excluding hydrogens is 269 g/mol. The maximum absolute atomic E-state index is 13.1. The van der Waals surface area contributed by atoms with Crippen molar-refractivity contribution in [3.8, 4) is 0 Å². The van der Waals surface area contributed by atoms with Gasteiger partial charge in [0.15, 0.2) is 0 Å². The van der Waals surface area contributed by atoms with Crippen LogP contribution < -0.4 is 0 Å². The fourth-order valence-corrected chi connectivity index (χ4v) is 2.11. The molecule has 7 heteroatoms. The number of rotatable bonds is 2. The average molecular weight is 281 g/mol. The fourth-order valence-electron chi connectivity index (χ4n) is 2.11. The number of nitrogens with zero attached hydrogens (tertiary/aromatic N) is 1. The largest absolute Gasteiger partial charge is 0.416 e. The monoisotopic (exact) mass is 281 g/mol. The quantitative estimate of drug-likeness (QED) is 0.841. The van der Waals surface area contributed by atoms with E-state index in [9.17, 15) is 27.1 Å². The smallest absolute Gasteiger partial charge is 0.389 e. The number of aliphatic hydroxyl groups is 1. The van der Waals surface area contributed by atoms with Gasteiger partial charge in [0.2, 0.25) is 0 Å². The van der Waals surface area contributed by atoms with E-state index in [4.69, 9.17) is 0 Å². The molecule has 1 heterocycles. The number of alkyl halides is 4. The molecule has 2 nitrogen and oxygen atoms in total. The number of hydrogen-bond donors (Lipinski definition) is 1. The zero-order valence-corrected chi connectivity index (χ0v) is 9.79. The molecule has 0 bridgehead atoms. The number of β-amino-alcohol motifs (C(OH)–C–C–N with tert-alkyl or cyclic N) is 1. The summed E-state index contributed by atoms with van der Waals surface area (Å²) >= 11 is 0. The van der Waals surface area contributed by atoms with Gasteiger partial charge >= 0.3 is 6.18 Å². The summed E-state index contributed by atoms with van der Waals surface area (Å²) < 4.78 is 63.7. The lowest BCUT2D eigenvalue weighted by atomic mass is 10.1. The van der Waals surface area contributed by atoms with E-state index in [1.165, 1.54) is 4.90 Å². The second-order valence-electron chi connectivity index (χ2n) is 4.62. The van der Waals surface area contributed by atoms with Crippen molar-refractivity contribution in [1.29, 1.82) is 0 Å². The summed E-state index contributed by atoms with van der Waals surface area (Å²) in [5.41, 5.74) is -0.965. The molecule has 1 aliphatic rings. The highest BCUT2D eigenvalue weighted by molar-refractivity contribution is 5.27. The van der Waals surface area contributed by atoms with Crippen molar-refractivity contribution < 1.29 is 27.1 Å². The van der Waals surface area contributed by atoms with Gasteiger partial charge in [0, 0.05) is 19.6 Å². The Balaban J connectivity index is 2.15. The minimum Gasteiger partial charge on any atom is -0.389 e. The van der Waals surface area contributed by atoms with Crippen LogP contribution in [-0.4, -0.2) is 35.4 Å². The molecule has 0 radical (unpaired) electrons. The van der Waals surface area contributed by atoms with Gasteiger partial charge in [0.05, 0.1) is 11.7 Å². The van der Waals surface area contributed by atoms with E-state index in [0.29, 0.717) is 6.07 Å². The first-order valence-corrected chi connectivity index (χ1v) is 5.67. The van der Waals surface area contributed by atoms with Crippen molar-refractivity contribution in [2.45, 2.75) is 25.0 Å². The molecule has 2 rings (SSSR count). The minimum atomic E-state index is -4.62. The molecular formula is C12H12F5NO. The first-order valence-electron chi connectivity index (χ1n) is 5.67. The Bertz CT molecular complexity index is 452. The SMILES string of the molecule is O[C@@H]1CN(Cc2cc(F)cc(C(F)(F)F)c2)C[C@H]1F. The predicted molar refractivity (Wildman–Crippen MR) is 57.6 cm³/mol. The van der Waals surface area contributed by atoms with Crippen LogP contribution in [0, 0.1) is 5.82 Å². The first-order chi connectivity index (χ1) is 8.75. The van der Waals surface area contributed by atoms with Gasteiger partial charge in [-0.3, -0.25) is 4.90 Å². The Labute approximate surface area is 106 Å². The lowest BCUT2D eigenvalue weighted by Gasteiger charge is -2.16. The topological polar surface area (TPSA) is 23.5 Å². The molecule has 0 saturated carbocycles. The zero-order chi connectivity index (χ0) is 14.2. The predicted octanol–water partition coefficient (Wildman–Crippen LogP) is 2.36. The van der Waals surface area contributed by atoms with Crippen LogP contribution in [0.15, 0.2) is 18.2 Å². The summed E-state index contributed by atoms with van der Waals surface area (Å²) in [7, 11) is 0. The Morgan fingerprint density at radius 3 is 2.42 bits per heavy atom. The molecule has 2 atom stereocenters. The number of aliphatic hydroxyl groups excluding tert-OH is 1. The summed E-state index contributed by atoms with van der Waals surface area (Å²) in [4.78, 5) is 1.45. The summed E-state index contributed by atoms with van der Waals surface area (Å²) in [6.45, 7) is -0.0730. The van der Waals surface area contributed by atoms with Crippen LogP contribution in [0.1, 0.15) is 11.1 Å². The third-order valence-corrected chi connectivity index (χ3v) is 2.99. The minimum absolute atomic E-state index is 0.0268. The van der Waals surface area contributed by atoms with Gasteiger partial charge in [-0.1, -0.05) is 0 Å². The van der Waals surface area contributed by atoms with Crippen molar-refractivity contribution >= 4 is 0 Å². The average Bonchev–Trinajstić information content (AvgIpc) is 2.55. The normalized spacial score (nSPS) is 24.9. The van der Waals surface area contributed by atoms with Crippen LogP contribution in [0.25, 0.3) is 0 Å². The Morgan fingerprint density at radius 1 is 1.21 bits per heavy atom. The molecule has 19 heavy (non-hydrogen) atoms. The van der Waals surface area contributed by atoms with Crippen LogP contribution in [-0.2, 0) is 12.7 Å². The van der Waals surface area contributed by atoms with Crippen LogP contribution in [0.2, 0.25) is 0 Å². The van der Waals surface area contributed by atoms with Crippen molar-refractivity contribution in [3.63, 3.8) is 0 Å². The second-order valence-corrected chi connectivity index (χ2v) is 4.62. The van der Waals surface area contributed by atoms with E-state index in [2.05, 4.69) is 0 Å². The van der Waals surface area contributed by atoms with Crippen LogP contribution in [0.4, 0.5) is 22.0 Å². The van der Waals surface area contributed by atoms with Crippen molar-refractivity contribution in [3.05, 3.63) is 35.1 Å². The Morgan fingerprint density at radius 2 is 1.89 bits per heavy atom. The fraction of sp³-hybridized carbons (Fsp3) is 0.500. The van der Waals surface area contributed by atoms with Gasteiger partial charge in [0.1, 0.15) is 12.0 Å². The molecule has 0 unspecified atom stereocenters. The molecule has 1 aliphatic heterocycles. The molecule has 1 fully saturated rings. The van der Waals surface area contributed by atoms with Gasteiger partial charge in [-0.15, -0.1) is 0 Å². The second kappa shape index (κ2) is 5.05. The van der Waals surface area contributed by atoms with Gasteiger partial charge in [-0.25, -0.2) is 8.78 Å². The Hall–Kier alpha value is -1.21. The summed E-state index contributed by atoms with van der Waals surface area (Å²) in [5, 5.41) is 9.21. The van der Waals surface area contributed by atoms with E-state index >= 15 is 0 Å². The maximum atomic E-state index is 13.1. The summed E-state index contributed by atoms with van der Waals surface area (Å²) in [5.74, 6) is -0.985. The van der Waals surface area contributed by atoms with E-state index in [1.54, 1.807) is 0 Å². The third-order valence-electron chi connectivity index (χ3n) is 2.99. The molecule has 1 aromatic rings. The highest BCUT2D eigenvalue weighted by atomic mass is 19.4. The molecule has 106 valence electrons. The maximum Gasteiger partial charge on any atom is 0.416 e. The highest BCUT2D eigenvalue weighted by Crippen LogP contribution is 2.31. The van der Waals surface area contributed by atoms with E-state index in [0.717, 1.165) is 12.1 Å². The summed E-state index contributed by atoms with van der Waals surface area (Å²) in [6, 6.07) is 2.23. The standard InChI is InChI=1S/C12H12F5NO/c13-9-2-7(1-8(3-9)12(15,16)17)4-18-5-10(14)11(19)6-18/h1-3,10-11,19H,4-6H2/t10-,11-/m1/s1. The van der Waals surface area contributed by atoms with Gasteiger partial charge in [-0.2, -0.15) is 13.2 Å². The Kier molecular flexibility index (Phi) is 3.78. The highest BCUT2D eigenvalue weighted by Gasteiger charge is 2.33. The zero-order valence-electron chi connectivity index (χ0n) is 9.79. The van der Waals surface area contributed by atoms with Crippen LogP contribution >= 0.6 is 0 Å². The number of halogens is 5. The molecule has 1 N–H and O–H groups in total. The van der Waals surface area contributed by atoms with E-state index in [-0.39, 0.29) is 25.2 Å². The number of likely N-dealkylation sites (tertiary alicyclic amines) is 1. The lowest BCUT2D eigenvalue weighted by molar-refractivity contribution is -0.137. The summed E-state index contributed by atoms with van der Waals surface area (Å²) in [6.07, 6.45) is -7.18. The van der Waals surface area contributed by atoms with E-state index < -0.39 is 29.8 Å².